The molecule has 0 saturated heterocycles. The second kappa shape index (κ2) is 3.32. The third-order valence-electron chi connectivity index (χ3n) is 2.29. The molecule has 0 aliphatic rings. The molecule has 0 unspecified atom stereocenters. The van der Waals surface area contributed by atoms with Crippen molar-refractivity contribution in [3.8, 4) is 0 Å². The van der Waals surface area contributed by atoms with E-state index in [4.69, 9.17) is 11.6 Å². The lowest BCUT2D eigenvalue weighted by Gasteiger charge is -2.00. The van der Waals surface area contributed by atoms with Crippen LogP contribution in [0.2, 0.25) is 5.02 Å². The molecule has 0 nitrogen and oxygen atoms in total. The van der Waals surface area contributed by atoms with Crippen LogP contribution in [-0.4, -0.2) is 0 Å². The first-order valence-corrected chi connectivity index (χ1v) is 5.64. The van der Waals surface area contributed by atoms with Crippen molar-refractivity contribution in [3.05, 3.63) is 33.7 Å². The first-order chi connectivity index (χ1) is 6.22. The van der Waals surface area contributed by atoms with E-state index < -0.39 is 0 Å². The quantitative estimate of drug-likeness (QED) is 0.654. The van der Waals surface area contributed by atoms with E-state index in [0.29, 0.717) is 0 Å². The van der Waals surface area contributed by atoms with E-state index in [1.807, 2.05) is 11.3 Å². The van der Waals surface area contributed by atoms with Gasteiger partial charge >= 0.3 is 0 Å². The number of aryl methyl sites for hydroxylation is 2. The molecule has 0 amide bonds. The maximum Gasteiger partial charge on any atom is 0.0415 e. The van der Waals surface area contributed by atoms with Crippen LogP contribution in [0, 0.1) is 6.92 Å². The monoisotopic (exact) mass is 210 g/mol. The van der Waals surface area contributed by atoms with Crippen molar-refractivity contribution >= 4 is 33.0 Å². The Kier molecular flexibility index (Phi) is 2.31. The molecular weight excluding hydrogens is 200 g/mol. The van der Waals surface area contributed by atoms with E-state index in [9.17, 15) is 0 Å². The number of rotatable bonds is 1. The fraction of sp³-hybridized carbons (Fsp3) is 0.273. The Morgan fingerprint density at radius 3 is 2.85 bits per heavy atom. The third kappa shape index (κ3) is 1.47. The Bertz CT molecular complexity index is 443. The Morgan fingerprint density at radius 1 is 1.38 bits per heavy atom. The Labute approximate surface area is 87.2 Å². The maximum absolute atomic E-state index is 6.04. The van der Waals surface area contributed by atoms with Crippen molar-refractivity contribution in [1.29, 1.82) is 0 Å². The van der Waals surface area contributed by atoms with Gasteiger partial charge in [0.2, 0.25) is 0 Å². The molecule has 68 valence electrons. The van der Waals surface area contributed by atoms with Gasteiger partial charge < -0.3 is 0 Å². The molecule has 1 aromatic heterocycles. The molecule has 2 rings (SSSR count). The summed E-state index contributed by atoms with van der Waals surface area (Å²) in [4.78, 5) is 0. The van der Waals surface area contributed by atoms with Gasteiger partial charge in [-0.3, -0.25) is 0 Å². The van der Waals surface area contributed by atoms with Crippen LogP contribution in [0.4, 0.5) is 0 Å². The van der Waals surface area contributed by atoms with Gasteiger partial charge in [0, 0.05) is 9.72 Å². The first kappa shape index (κ1) is 9.04. The van der Waals surface area contributed by atoms with Crippen LogP contribution in [0.3, 0.4) is 0 Å². The lowest BCUT2D eigenvalue weighted by Crippen LogP contribution is -1.80. The molecule has 1 aromatic carbocycles. The summed E-state index contributed by atoms with van der Waals surface area (Å²) in [6, 6.07) is 4.13. The van der Waals surface area contributed by atoms with Crippen LogP contribution < -0.4 is 0 Å². The molecule has 0 saturated carbocycles. The van der Waals surface area contributed by atoms with E-state index in [1.165, 1.54) is 21.2 Å². The molecule has 0 N–H and O–H groups in total. The third-order valence-corrected chi connectivity index (χ3v) is 3.70. The SMILES string of the molecule is CCc1cc(Cl)cc2c(C)csc12. The van der Waals surface area contributed by atoms with Crippen molar-refractivity contribution in [2.45, 2.75) is 20.3 Å². The molecular formula is C11H11ClS. The summed E-state index contributed by atoms with van der Waals surface area (Å²) in [5, 5.41) is 4.36. The Hall–Kier alpha value is -0.530. The predicted octanol–water partition coefficient (Wildman–Crippen LogP) is 4.43. The second-order valence-electron chi connectivity index (χ2n) is 3.21. The van der Waals surface area contributed by atoms with Gasteiger partial charge in [0.25, 0.3) is 0 Å². The Balaban J connectivity index is 2.84. The van der Waals surface area contributed by atoms with Gasteiger partial charge in [-0.15, -0.1) is 11.3 Å². The predicted molar refractivity (Wildman–Crippen MR) is 61.0 cm³/mol. The van der Waals surface area contributed by atoms with Crippen LogP contribution in [0.15, 0.2) is 17.5 Å². The zero-order chi connectivity index (χ0) is 9.42. The van der Waals surface area contributed by atoms with Gasteiger partial charge in [-0.2, -0.15) is 0 Å². The molecule has 2 heteroatoms. The number of benzene rings is 1. The zero-order valence-electron chi connectivity index (χ0n) is 7.73. The smallest absolute Gasteiger partial charge is 0.0415 e. The first-order valence-electron chi connectivity index (χ1n) is 4.38. The van der Waals surface area contributed by atoms with E-state index in [0.717, 1.165) is 11.4 Å². The highest BCUT2D eigenvalue weighted by Crippen LogP contribution is 2.31. The fourth-order valence-corrected chi connectivity index (χ4v) is 2.92. The number of hydrogen-bond donors (Lipinski definition) is 0. The largest absolute Gasteiger partial charge is 0.143 e. The highest BCUT2D eigenvalue weighted by Gasteiger charge is 2.05. The molecule has 0 spiro atoms. The average molecular weight is 211 g/mol. The summed E-state index contributed by atoms with van der Waals surface area (Å²) in [7, 11) is 0. The maximum atomic E-state index is 6.04. The van der Waals surface area contributed by atoms with E-state index >= 15 is 0 Å². The molecule has 0 aliphatic carbocycles. The number of thiophene rings is 1. The number of halogens is 1. The van der Waals surface area contributed by atoms with Gasteiger partial charge in [-0.25, -0.2) is 0 Å². The van der Waals surface area contributed by atoms with Gasteiger partial charge in [-0.05, 0) is 47.4 Å². The van der Waals surface area contributed by atoms with Crippen molar-refractivity contribution < 1.29 is 0 Å². The minimum Gasteiger partial charge on any atom is -0.143 e. The molecule has 0 bridgehead atoms. The molecule has 0 atom stereocenters. The average Bonchev–Trinajstić information content (AvgIpc) is 2.47. The summed E-state index contributed by atoms with van der Waals surface area (Å²) in [6.45, 7) is 4.30. The zero-order valence-corrected chi connectivity index (χ0v) is 9.30. The Morgan fingerprint density at radius 2 is 2.15 bits per heavy atom. The highest BCUT2D eigenvalue weighted by atomic mass is 35.5. The van der Waals surface area contributed by atoms with Crippen LogP contribution in [0.1, 0.15) is 18.1 Å². The van der Waals surface area contributed by atoms with Crippen LogP contribution >= 0.6 is 22.9 Å². The summed E-state index contributed by atoms with van der Waals surface area (Å²) in [5.74, 6) is 0. The number of fused-ring (bicyclic) bond motifs is 1. The van der Waals surface area contributed by atoms with Gasteiger partial charge in [0.05, 0.1) is 0 Å². The van der Waals surface area contributed by atoms with Crippen molar-refractivity contribution in [2.24, 2.45) is 0 Å². The summed E-state index contributed by atoms with van der Waals surface area (Å²) < 4.78 is 1.39. The highest BCUT2D eigenvalue weighted by molar-refractivity contribution is 7.17. The second-order valence-corrected chi connectivity index (χ2v) is 4.53. The van der Waals surface area contributed by atoms with Crippen LogP contribution in [0.5, 0.6) is 0 Å². The minimum atomic E-state index is 0.853. The van der Waals surface area contributed by atoms with Crippen LogP contribution in [-0.2, 0) is 6.42 Å². The summed E-state index contributed by atoms with van der Waals surface area (Å²) in [6.07, 6.45) is 1.05. The van der Waals surface area contributed by atoms with E-state index in [1.54, 1.807) is 0 Å². The van der Waals surface area contributed by atoms with Crippen molar-refractivity contribution in [3.63, 3.8) is 0 Å². The minimum absolute atomic E-state index is 0.853. The molecule has 0 fully saturated rings. The van der Waals surface area contributed by atoms with Gasteiger partial charge in [0.1, 0.15) is 0 Å². The lowest BCUT2D eigenvalue weighted by atomic mass is 10.1. The van der Waals surface area contributed by atoms with Crippen molar-refractivity contribution in [2.75, 3.05) is 0 Å². The topological polar surface area (TPSA) is 0 Å². The standard InChI is InChI=1S/C11H11ClS/c1-3-8-4-9(12)5-10-7(2)6-13-11(8)10/h4-6H,3H2,1-2H3. The molecule has 0 aliphatic heterocycles. The molecule has 0 radical (unpaired) electrons. The van der Waals surface area contributed by atoms with Gasteiger partial charge in [0.15, 0.2) is 0 Å². The molecule has 2 aromatic rings. The van der Waals surface area contributed by atoms with E-state index in [-0.39, 0.29) is 0 Å². The van der Waals surface area contributed by atoms with Gasteiger partial charge in [-0.1, -0.05) is 18.5 Å². The summed E-state index contributed by atoms with van der Waals surface area (Å²) >= 11 is 7.85. The molecule has 13 heavy (non-hydrogen) atoms. The lowest BCUT2D eigenvalue weighted by molar-refractivity contribution is 1.16. The summed E-state index contributed by atoms with van der Waals surface area (Å²) in [5.41, 5.74) is 2.69. The van der Waals surface area contributed by atoms with Crippen molar-refractivity contribution in [1.82, 2.24) is 0 Å². The fourth-order valence-electron chi connectivity index (χ4n) is 1.56. The van der Waals surface area contributed by atoms with E-state index in [2.05, 4.69) is 31.4 Å². The number of hydrogen-bond acceptors (Lipinski definition) is 1. The van der Waals surface area contributed by atoms with Crippen LogP contribution in [0.25, 0.3) is 10.1 Å². The normalized spacial score (nSPS) is 11.0. The molecule has 1 heterocycles.